The highest BCUT2D eigenvalue weighted by molar-refractivity contribution is 7.15. The molecule has 2 aliphatic carbocycles. The van der Waals surface area contributed by atoms with Gasteiger partial charge in [-0.25, -0.2) is 4.98 Å². The molecule has 1 amide bonds. The maximum Gasteiger partial charge on any atom is 0.240 e. The molecular weight excluding hydrogens is 310 g/mol. The van der Waals surface area contributed by atoms with E-state index in [1.165, 1.54) is 23.4 Å². The summed E-state index contributed by atoms with van der Waals surface area (Å²) in [6.45, 7) is 1.20. The molecule has 1 unspecified atom stereocenters. The lowest BCUT2D eigenvalue weighted by Crippen LogP contribution is -2.50. The van der Waals surface area contributed by atoms with Gasteiger partial charge in [-0.1, -0.05) is 12.8 Å². The predicted molar refractivity (Wildman–Crippen MR) is 90.8 cm³/mol. The van der Waals surface area contributed by atoms with E-state index in [0.29, 0.717) is 6.54 Å². The van der Waals surface area contributed by atoms with Crippen molar-refractivity contribution in [2.45, 2.75) is 69.4 Å². The minimum absolute atomic E-state index is 0.0106. The minimum Gasteiger partial charge on any atom is -0.391 e. The summed E-state index contributed by atoms with van der Waals surface area (Å²) in [6, 6.07) is 0. The molecule has 1 saturated heterocycles. The third kappa shape index (κ3) is 2.81. The van der Waals surface area contributed by atoms with E-state index in [4.69, 9.17) is 0 Å². The molecule has 1 aliphatic heterocycles. The number of hydrogen-bond donors (Lipinski definition) is 2. The first kappa shape index (κ1) is 15.5. The van der Waals surface area contributed by atoms with Crippen LogP contribution in [-0.2, 0) is 17.6 Å². The highest BCUT2D eigenvalue weighted by Gasteiger charge is 2.49. The number of aliphatic hydroxyl groups excluding tert-OH is 1. The van der Waals surface area contributed by atoms with Crippen LogP contribution in [0.15, 0.2) is 0 Å². The zero-order chi connectivity index (χ0) is 15.9. The van der Waals surface area contributed by atoms with Gasteiger partial charge in [0.05, 0.1) is 18.3 Å². The molecule has 0 radical (unpaired) electrons. The quantitative estimate of drug-likeness (QED) is 0.890. The van der Waals surface area contributed by atoms with Crippen molar-refractivity contribution in [2.75, 3.05) is 18.4 Å². The number of aliphatic hydroxyl groups is 1. The molecular formula is C17H25N3O2S. The van der Waals surface area contributed by atoms with E-state index in [1.54, 1.807) is 11.3 Å². The largest absolute Gasteiger partial charge is 0.391 e. The summed E-state index contributed by atoms with van der Waals surface area (Å²) < 4.78 is 0. The van der Waals surface area contributed by atoms with E-state index in [2.05, 4.69) is 15.2 Å². The Morgan fingerprint density at radius 2 is 2.09 bits per heavy atom. The average Bonchev–Trinajstić information content (AvgIpc) is 3.23. The summed E-state index contributed by atoms with van der Waals surface area (Å²) in [6.07, 6.45) is 9.47. The molecule has 1 aromatic rings. The van der Waals surface area contributed by atoms with Crippen LogP contribution >= 0.6 is 11.3 Å². The van der Waals surface area contributed by atoms with Crippen LogP contribution in [-0.4, -0.2) is 45.6 Å². The maximum atomic E-state index is 12.5. The van der Waals surface area contributed by atoms with Gasteiger partial charge < -0.3 is 10.4 Å². The normalized spacial score (nSPS) is 26.6. The molecule has 5 nitrogen and oxygen atoms in total. The van der Waals surface area contributed by atoms with E-state index in [0.717, 1.165) is 56.6 Å². The Morgan fingerprint density at radius 3 is 2.87 bits per heavy atom. The standard InChI is InChI=1S/C17H25N3O2S/c21-14-7-10-20(17(14)8-3-4-9-17)11-15(22)19-16-18-12-5-1-2-6-13(12)23-16/h14,21H,1-11H2,(H,18,19,22). The van der Waals surface area contributed by atoms with Gasteiger partial charge in [0.1, 0.15) is 0 Å². The average molecular weight is 335 g/mol. The minimum atomic E-state index is -0.273. The van der Waals surface area contributed by atoms with Gasteiger partial charge in [0, 0.05) is 17.0 Å². The third-order valence-electron chi connectivity index (χ3n) is 5.82. The van der Waals surface area contributed by atoms with Crippen molar-refractivity contribution < 1.29 is 9.90 Å². The Bertz CT molecular complexity index is 571. The van der Waals surface area contributed by atoms with Crippen LogP contribution in [0.5, 0.6) is 0 Å². The summed E-state index contributed by atoms with van der Waals surface area (Å²) in [5.74, 6) is 0.0106. The van der Waals surface area contributed by atoms with Crippen molar-refractivity contribution in [3.63, 3.8) is 0 Å². The number of amides is 1. The van der Waals surface area contributed by atoms with E-state index in [-0.39, 0.29) is 17.6 Å². The van der Waals surface area contributed by atoms with E-state index < -0.39 is 0 Å². The first-order chi connectivity index (χ1) is 11.2. The van der Waals surface area contributed by atoms with E-state index in [9.17, 15) is 9.90 Å². The lowest BCUT2D eigenvalue weighted by molar-refractivity contribution is -0.118. The fraction of sp³-hybridized carbons (Fsp3) is 0.765. The van der Waals surface area contributed by atoms with Gasteiger partial charge in [-0.05, 0) is 44.9 Å². The van der Waals surface area contributed by atoms with Crippen molar-refractivity contribution in [3.05, 3.63) is 10.6 Å². The molecule has 6 heteroatoms. The van der Waals surface area contributed by atoms with Gasteiger partial charge in [0.25, 0.3) is 0 Å². The highest BCUT2D eigenvalue weighted by atomic mass is 32.1. The Balaban J connectivity index is 1.41. The number of thiazole rings is 1. The molecule has 1 saturated carbocycles. The molecule has 2 heterocycles. The van der Waals surface area contributed by atoms with Gasteiger partial charge in [-0.15, -0.1) is 11.3 Å². The van der Waals surface area contributed by atoms with E-state index in [1.807, 2.05) is 0 Å². The van der Waals surface area contributed by atoms with Gasteiger partial charge in [-0.2, -0.15) is 0 Å². The van der Waals surface area contributed by atoms with Crippen LogP contribution in [0.25, 0.3) is 0 Å². The first-order valence-electron chi connectivity index (χ1n) is 8.89. The van der Waals surface area contributed by atoms with Gasteiger partial charge in [0.15, 0.2) is 5.13 Å². The molecule has 1 atom stereocenters. The molecule has 0 aromatic carbocycles. The fourth-order valence-electron chi connectivity index (χ4n) is 4.59. The lowest BCUT2D eigenvalue weighted by Gasteiger charge is -2.36. The van der Waals surface area contributed by atoms with Crippen molar-refractivity contribution in [3.8, 4) is 0 Å². The van der Waals surface area contributed by atoms with Crippen LogP contribution in [0.2, 0.25) is 0 Å². The zero-order valence-corrected chi connectivity index (χ0v) is 14.3. The highest BCUT2D eigenvalue weighted by Crippen LogP contribution is 2.43. The second kappa shape index (κ2) is 6.15. The number of aryl methyl sites for hydroxylation is 2. The number of carbonyl (C=O) groups is 1. The number of aromatic nitrogens is 1. The Labute approximate surface area is 141 Å². The molecule has 1 spiro atoms. The summed E-state index contributed by atoms with van der Waals surface area (Å²) in [7, 11) is 0. The SMILES string of the molecule is O=C(CN1CCC(O)C12CCCC2)Nc1nc2c(s1)CCCC2. The predicted octanol–water partition coefficient (Wildman–Crippen LogP) is 2.34. The summed E-state index contributed by atoms with van der Waals surface area (Å²) in [4.78, 5) is 20.6. The number of likely N-dealkylation sites (tertiary alicyclic amines) is 1. The molecule has 23 heavy (non-hydrogen) atoms. The number of rotatable bonds is 3. The summed E-state index contributed by atoms with van der Waals surface area (Å²) in [5, 5.41) is 14.1. The van der Waals surface area contributed by atoms with Crippen molar-refractivity contribution in [1.29, 1.82) is 0 Å². The number of carbonyl (C=O) groups excluding carboxylic acids is 1. The summed E-state index contributed by atoms with van der Waals surface area (Å²) in [5.41, 5.74) is 1.04. The number of nitrogens with zero attached hydrogens (tertiary/aromatic N) is 2. The topological polar surface area (TPSA) is 65.5 Å². The fourth-order valence-corrected chi connectivity index (χ4v) is 5.66. The van der Waals surface area contributed by atoms with Crippen molar-refractivity contribution in [1.82, 2.24) is 9.88 Å². The number of anilines is 1. The lowest BCUT2D eigenvalue weighted by atomic mass is 9.91. The van der Waals surface area contributed by atoms with Crippen LogP contribution in [0.3, 0.4) is 0 Å². The smallest absolute Gasteiger partial charge is 0.240 e. The molecule has 4 rings (SSSR count). The van der Waals surface area contributed by atoms with Crippen molar-refractivity contribution >= 4 is 22.4 Å². The molecule has 3 aliphatic rings. The van der Waals surface area contributed by atoms with Crippen molar-refractivity contribution in [2.24, 2.45) is 0 Å². The molecule has 2 fully saturated rings. The number of nitrogens with one attached hydrogen (secondary N) is 1. The van der Waals surface area contributed by atoms with Crippen LogP contribution < -0.4 is 5.32 Å². The third-order valence-corrected chi connectivity index (χ3v) is 6.89. The summed E-state index contributed by atoms with van der Waals surface area (Å²) >= 11 is 1.63. The Kier molecular flexibility index (Phi) is 4.15. The van der Waals surface area contributed by atoms with Crippen LogP contribution in [0.4, 0.5) is 5.13 Å². The van der Waals surface area contributed by atoms with Gasteiger partial charge >= 0.3 is 0 Å². The van der Waals surface area contributed by atoms with Crippen LogP contribution in [0, 0.1) is 0 Å². The Morgan fingerprint density at radius 1 is 1.30 bits per heavy atom. The van der Waals surface area contributed by atoms with Gasteiger partial charge in [-0.3, -0.25) is 9.69 Å². The second-order valence-corrected chi connectivity index (χ2v) is 8.26. The second-order valence-electron chi connectivity index (χ2n) is 7.18. The first-order valence-corrected chi connectivity index (χ1v) is 9.71. The number of hydrogen-bond acceptors (Lipinski definition) is 5. The molecule has 1 aromatic heterocycles. The van der Waals surface area contributed by atoms with E-state index >= 15 is 0 Å². The monoisotopic (exact) mass is 335 g/mol. The molecule has 0 bridgehead atoms. The number of fused-ring (bicyclic) bond motifs is 1. The van der Waals surface area contributed by atoms with Crippen LogP contribution in [0.1, 0.15) is 55.5 Å². The van der Waals surface area contributed by atoms with Gasteiger partial charge in [0.2, 0.25) is 5.91 Å². The molecule has 126 valence electrons. The maximum absolute atomic E-state index is 12.5. The molecule has 2 N–H and O–H groups in total. The Hall–Kier alpha value is -0.980. The zero-order valence-electron chi connectivity index (χ0n) is 13.5.